The van der Waals surface area contributed by atoms with Crippen LogP contribution in [0.4, 0.5) is 18.9 Å². The number of hydrogen-bond acceptors (Lipinski definition) is 5. The number of carbonyl (C=O) groups excluding carboxylic acids is 1. The number of nitriles is 2. The molecule has 1 heterocycles. The van der Waals surface area contributed by atoms with Gasteiger partial charge in [-0.1, -0.05) is 18.2 Å². The van der Waals surface area contributed by atoms with E-state index in [0.29, 0.717) is 16.8 Å². The first-order valence-corrected chi connectivity index (χ1v) is 9.19. The molecule has 1 atom stereocenters. The van der Waals surface area contributed by atoms with Gasteiger partial charge in [0, 0.05) is 17.0 Å². The van der Waals surface area contributed by atoms with E-state index in [-0.39, 0.29) is 28.4 Å². The van der Waals surface area contributed by atoms with Gasteiger partial charge < -0.3 is 5.73 Å². The van der Waals surface area contributed by atoms with Crippen molar-refractivity contribution < 1.29 is 18.0 Å². The Labute approximate surface area is 177 Å². The average Bonchev–Trinajstić information content (AvgIpc) is 2.73. The summed E-state index contributed by atoms with van der Waals surface area (Å²) in [7, 11) is 0. The van der Waals surface area contributed by atoms with E-state index < -0.39 is 17.7 Å². The van der Waals surface area contributed by atoms with Crippen LogP contribution in [0.2, 0.25) is 0 Å². The van der Waals surface area contributed by atoms with E-state index in [0.717, 1.165) is 12.1 Å². The number of nitrogens with two attached hydrogens (primary N) is 1. The summed E-state index contributed by atoms with van der Waals surface area (Å²) in [5.74, 6) is -1.19. The molecule has 0 bridgehead atoms. The van der Waals surface area contributed by atoms with Crippen molar-refractivity contribution in [3.63, 3.8) is 0 Å². The molecule has 1 aliphatic heterocycles. The molecule has 2 aromatic rings. The molecule has 0 spiro atoms. The number of Topliss-reactive ketones (excluding diaryl/α,β-unsaturated/α-hetero) is 1. The molecule has 0 aliphatic carbocycles. The van der Waals surface area contributed by atoms with E-state index in [2.05, 4.69) is 0 Å². The van der Waals surface area contributed by atoms with Crippen LogP contribution in [0, 0.1) is 22.7 Å². The second kappa shape index (κ2) is 8.00. The van der Waals surface area contributed by atoms with Gasteiger partial charge >= 0.3 is 6.18 Å². The summed E-state index contributed by atoms with van der Waals surface area (Å²) >= 11 is 0. The first kappa shape index (κ1) is 21.7. The van der Waals surface area contributed by atoms with Gasteiger partial charge in [0.1, 0.15) is 5.82 Å². The molecule has 0 radical (unpaired) electrons. The predicted molar refractivity (Wildman–Crippen MR) is 108 cm³/mol. The molecule has 0 saturated heterocycles. The van der Waals surface area contributed by atoms with Gasteiger partial charge in [-0.2, -0.15) is 23.7 Å². The first-order chi connectivity index (χ1) is 14.6. The van der Waals surface area contributed by atoms with Crippen molar-refractivity contribution in [2.45, 2.75) is 25.9 Å². The number of benzene rings is 2. The van der Waals surface area contributed by atoms with Crippen LogP contribution in [0.1, 0.15) is 36.5 Å². The zero-order valence-electron chi connectivity index (χ0n) is 16.7. The van der Waals surface area contributed by atoms with Crippen molar-refractivity contribution in [1.82, 2.24) is 0 Å². The third-order valence-electron chi connectivity index (χ3n) is 5.12. The minimum absolute atomic E-state index is 0.0397. The molecule has 0 saturated carbocycles. The van der Waals surface area contributed by atoms with Crippen LogP contribution in [0.15, 0.2) is 71.2 Å². The second-order valence-corrected chi connectivity index (χ2v) is 7.02. The van der Waals surface area contributed by atoms with E-state index >= 15 is 0 Å². The van der Waals surface area contributed by atoms with Crippen LogP contribution in [0.5, 0.6) is 0 Å². The third kappa shape index (κ3) is 3.88. The summed E-state index contributed by atoms with van der Waals surface area (Å²) in [5.41, 5.74) is 7.08. The molecule has 3 rings (SSSR count). The summed E-state index contributed by atoms with van der Waals surface area (Å²) in [6.07, 6.45) is -4.56. The van der Waals surface area contributed by atoms with Crippen molar-refractivity contribution in [2.24, 2.45) is 5.73 Å². The minimum atomic E-state index is -4.56. The number of hydrogen-bond donors (Lipinski definition) is 1. The Morgan fingerprint density at radius 3 is 2.26 bits per heavy atom. The number of anilines is 1. The van der Waals surface area contributed by atoms with Gasteiger partial charge in [0.05, 0.1) is 34.8 Å². The van der Waals surface area contributed by atoms with Gasteiger partial charge in [0.15, 0.2) is 5.78 Å². The topological polar surface area (TPSA) is 93.9 Å². The van der Waals surface area contributed by atoms with Gasteiger partial charge in [0.2, 0.25) is 0 Å². The Balaban J connectivity index is 2.24. The maximum atomic E-state index is 13.2. The molecule has 0 fully saturated rings. The zero-order valence-corrected chi connectivity index (χ0v) is 16.7. The summed E-state index contributed by atoms with van der Waals surface area (Å²) in [6, 6.07) is 14.9. The van der Waals surface area contributed by atoms with Crippen LogP contribution < -0.4 is 10.6 Å². The lowest BCUT2D eigenvalue weighted by atomic mass is 9.79. The number of halogens is 3. The van der Waals surface area contributed by atoms with Gasteiger partial charge in [0.25, 0.3) is 0 Å². The summed E-state index contributed by atoms with van der Waals surface area (Å²) in [6.45, 7) is 2.91. The Kier molecular flexibility index (Phi) is 5.59. The Hall–Kier alpha value is -4.04. The summed E-state index contributed by atoms with van der Waals surface area (Å²) < 4.78 is 39.7. The Bertz CT molecular complexity index is 1200. The number of allylic oxidation sites excluding steroid dienone is 3. The SMILES string of the molecule is CC(=O)C1=C(C)N(c2cccc(C(F)(F)F)c2)C(N)=C(C#N)C1c1ccc(C#N)cc1. The highest BCUT2D eigenvalue weighted by atomic mass is 19.4. The molecular weight excluding hydrogens is 405 g/mol. The lowest BCUT2D eigenvalue weighted by Crippen LogP contribution is -2.36. The molecule has 0 amide bonds. The van der Waals surface area contributed by atoms with E-state index in [1.54, 1.807) is 31.2 Å². The van der Waals surface area contributed by atoms with Crippen molar-refractivity contribution in [3.8, 4) is 12.1 Å². The number of ketones is 1. The number of alkyl halides is 3. The number of rotatable bonds is 3. The van der Waals surface area contributed by atoms with Gasteiger partial charge in [-0.05, 0) is 49.7 Å². The zero-order chi connectivity index (χ0) is 22.9. The molecule has 156 valence electrons. The molecule has 8 heteroatoms. The monoisotopic (exact) mass is 422 g/mol. The van der Waals surface area contributed by atoms with Gasteiger partial charge in [-0.25, -0.2) is 0 Å². The van der Waals surface area contributed by atoms with Crippen LogP contribution >= 0.6 is 0 Å². The van der Waals surface area contributed by atoms with Crippen molar-refractivity contribution in [1.29, 1.82) is 10.5 Å². The molecule has 2 N–H and O–H groups in total. The quantitative estimate of drug-likeness (QED) is 0.771. The highest BCUT2D eigenvalue weighted by Crippen LogP contribution is 2.43. The van der Waals surface area contributed by atoms with E-state index in [4.69, 9.17) is 11.0 Å². The van der Waals surface area contributed by atoms with Crippen molar-refractivity contribution >= 4 is 11.5 Å². The predicted octanol–water partition coefficient (Wildman–Crippen LogP) is 4.74. The van der Waals surface area contributed by atoms with Crippen molar-refractivity contribution in [2.75, 3.05) is 4.90 Å². The van der Waals surface area contributed by atoms with Crippen molar-refractivity contribution in [3.05, 3.63) is 87.9 Å². The van der Waals surface area contributed by atoms with Crippen LogP contribution in [0.3, 0.4) is 0 Å². The maximum Gasteiger partial charge on any atom is 0.416 e. The molecular formula is C23H17F3N4O. The maximum absolute atomic E-state index is 13.2. The molecule has 1 unspecified atom stereocenters. The smallest absolute Gasteiger partial charge is 0.384 e. The van der Waals surface area contributed by atoms with Crippen LogP contribution in [-0.2, 0) is 11.0 Å². The van der Waals surface area contributed by atoms with Gasteiger partial charge in [-0.3, -0.25) is 9.69 Å². The largest absolute Gasteiger partial charge is 0.416 e. The second-order valence-electron chi connectivity index (χ2n) is 7.02. The first-order valence-electron chi connectivity index (χ1n) is 9.19. The fourth-order valence-electron chi connectivity index (χ4n) is 3.74. The Morgan fingerprint density at radius 1 is 1.10 bits per heavy atom. The van der Waals surface area contributed by atoms with E-state index in [1.165, 1.54) is 24.0 Å². The summed E-state index contributed by atoms with van der Waals surface area (Å²) in [4.78, 5) is 13.9. The van der Waals surface area contributed by atoms with Gasteiger partial charge in [-0.15, -0.1) is 0 Å². The number of carbonyl (C=O) groups is 1. The normalized spacial score (nSPS) is 16.7. The highest BCUT2D eigenvalue weighted by Gasteiger charge is 2.37. The molecule has 1 aliphatic rings. The molecule has 2 aromatic carbocycles. The number of nitrogens with zero attached hydrogens (tertiary/aromatic N) is 3. The average molecular weight is 422 g/mol. The molecule has 5 nitrogen and oxygen atoms in total. The summed E-state index contributed by atoms with van der Waals surface area (Å²) in [5, 5.41) is 18.9. The van der Waals surface area contributed by atoms with Crippen LogP contribution in [0.25, 0.3) is 0 Å². The van der Waals surface area contributed by atoms with E-state index in [9.17, 15) is 23.2 Å². The standard InChI is InChI=1S/C23H17F3N4O/c1-13-20(14(2)31)21(16-8-6-15(11-27)7-9-16)19(12-28)22(29)30(13)18-5-3-4-17(10-18)23(24,25)26/h3-10,21H,29H2,1-2H3. The fraction of sp³-hybridized carbons (Fsp3) is 0.174. The molecule has 31 heavy (non-hydrogen) atoms. The Morgan fingerprint density at radius 2 is 1.74 bits per heavy atom. The van der Waals surface area contributed by atoms with E-state index in [1.807, 2.05) is 12.1 Å². The fourth-order valence-corrected chi connectivity index (χ4v) is 3.74. The third-order valence-corrected chi connectivity index (χ3v) is 5.12. The molecule has 0 aromatic heterocycles. The minimum Gasteiger partial charge on any atom is -0.384 e. The lowest BCUT2D eigenvalue weighted by molar-refractivity contribution is -0.137. The van der Waals surface area contributed by atoms with Crippen LogP contribution in [-0.4, -0.2) is 5.78 Å². The lowest BCUT2D eigenvalue weighted by Gasteiger charge is -2.36. The highest BCUT2D eigenvalue weighted by molar-refractivity contribution is 5.98.